The van der Waals surface area contributed by atoms with Crippen molar-refractivity contribution in [1.82, 2.24) is 14.7 Å². The van der Waals surface area contributed by atoms with E-state index in [1.807, 2.05) is 45.2 Å². The lowest BCUT2D eigenvalue weighted by molar-refractivity contribution is -0.0176. The van der Waals surface area contributed by atoms with Crippen molar-refractivity contribution in [2.75, 3.05) is 6.54 Å². The largest absolute Gasteiger partial charge is 0.369 e. The van der Waals surface area contributed by atoms with Crippen molar-refractivity contribution in [1.29, 1.82) is 0 Å². The van der Waals surface area contributed by atoms with Crippen molar-refractivity contribution in [3.63, 3.8) is 0 Å². The van der Waals surface area contributed by atoms with Gasteiger partial charge in [-0.15, -0.1) is 0 Å². The van der Waals surface area contributed by atoms with Gasteiger partial charge in [-0.3, -0.25) is 14.4 Å². The van der Waals surface area contributed by atoms with Crippen molar-refractivity contribution in [2.45, 2.75) is 26.5 Å². The van der Waals surface area contributed by atoms with Crippen molar-refractivity contribution in [3.8, 4) is 11.8 Å². The number of rotatable bonds is 1. The zero-order chi connectivity index (χ0) is 18.3. The standard InChI is InChI=1S/C20H20N4O2/c1-13-5-4-6-15(11-13)7-8-17-16-9-10-24(20(16)26-22-17)19(25)18-12-14(2)23(3)21-18/h4-6,11-12,16,20H,9-10H2,1-3H3. The first-order chi connectivity index (χ1) is 12.5. The maximum Gasteiger partial charge on any atom is 0.277 e. The number of carbonyl (C=O) groups excluding carboxylic acids is 1. The topological polar surface area (TPSA) is 59.7 Å². The average Bonchev–Trinajstić information content (AvgIpc) is 3.29. The van der Waals surface area contributed by atoms with E-state index in [0.717, 1.165) is 17.7 Å². The van der Waals surface area contributed by atoms with Crippen LogP contribution in [-0.2, 0) is 11.9 Å². The lowest BCUT2D eigenvalue weighted by atomic mass is 10.0. The van der Waals surface area contributed by atoms with E-state index in [1.165, 1.54) is 5.56 Å². The smallest absolute Gasteiger partial charge is 0.277 e. The zero-order valence-corrected chi connectivity index (χ0v) is 15.1. The highest BCUT2D eigenvalue weighted by molar-refractivity contribution is 6.04. The molecule has 0 saturated carbocycles. The summed E-state index contributed by atoms with van der Waals surface area (Å²) in [6.45, 7) is 4.58. The number of amides is 1. The van der Waals surface area contributed by atoms with E-state index >= 15 is 0 Å². The Kier molecular flexibility index (Phi) is 4.00. The molecule has 3 heterocycles. The molecule has 2 aliphatic heterocycles. The van der Waals surface area contributed by atoms with Crippen LogP contribution in [-0.4, -0.2) is 39.1 Å². The molecule has 2 aliphatic rings. The minimum Gasteiger partial charge on any atom is -0.369 e. The minimum atomic E-state index is -0.383. The van der Waals surface area contributed by atoms with Gasteiger partial charge < -0.3 is 4.84 Å². The third kappa shape index (κ3) is 2.86. The van der Waals surface area contributed by atoms with Crippen LogP contribution in [0.3, 0.4) is 0 Å². The van der Waals surface area contributed by atoms with E-state index in [2.05, 4.69) is 22.1 Å². The highest BCUT2D eigenvalue weighted by Gasteiger charge is 2.45. The Labute approximate surface area is 152 Å². The lowest BCUT2D eigenvalue weighted by Gasteiger charge is -2.20. The molecule has 26 heavy (non-hydrogen) atoms. The van der Waals surface area contributed by atoms with Gasteiger partial charge in [0.15, 0.2) is 5.69 Å². The van der Waals surface area contributed by atoms with Crippen LogP contribution in [0.25, 0.3) is 0 Å². The Morgan fingerprint density at radius 2 is 2.12 bits per heavy atom. The third-order valence-corrected chi connectivity index (χ3v) is 4.89. The fraction of sp³-hybridized carbons (Fsp3) is 0.350. The maximum atomic E-state index is 12.8. The molecule has 2 aromatic rings. The van der Waals surface area contributed by atoms with Gasteiger partial charge in [0.2, 0.25) is 6.23 Å². The summed E-state index contributed by atoms with van der Waals surface area (Å²) in [5.74, 6) is 6.18. The molecule has 1 aromatic carbocycles. The van der Waals surface area contributed by atoms with Gasteiger partial charge in [0.1, 0.15) is 5.71 Å². The molecule has 0 radical (unpaired) electrons. The number of fused-ring (bicyclic) bond motifs is 1. The van der Waals surface area contributed by atoms with Gasteiger partial charge in [0, 0.05) is 24.8 Å². The summed E-state index contributed by atoms with van der Waals surface area (Å²) in [6.07, 6.45) is 0.412. The Morgan fingerprint density at radius 3 is 2.85 bits per heavy atom. The number of benzene rings is 1. The molecular weight excluding hydrogens is 328 g/mol. The summed E-state index contributed by atoms with van der Waals surface area (Å²) in [6, 6.07) is 9.83. The molecule has 0 bridgehead atoms. The molecular formula is C20H20N4O2. The normalized spacial score (nSPS) is 20.9. The number of likely N-dealkylation sites (tertiary alicyclic amines) is 1. The van der Waals surface area contributed by atoms with Gasteiger partial charge in [-0.05, 0) is 50.0 Å². The molecule has 1 saturated heterocycles. The molecule has 2 atom stereocenters. The van der Waals surface area contributed by atoms with Crippen LogP contribution in [0, 0.1) is 31.6 Å². The van der Waals surface area contributed by atoms with Gasteiger partial charge in [-0.25, -0.2) is 0 Å². The highest BCUT2D eigenvalue weighted by Crippen LogP contribution is 2.32. The fourth-order valence-corrected chi connectivity index (χ4v) is 3.35. The molecule has 2 unspecified atom stereocenters. The van der Waals surface area contributed by atoms with Crippen molar-refractivity contribution in [2.24, 2.45) is 18.1 Å². The van der Waals surface area contributed by atoms with E-state index < -0.39 is 0 Å². The molecule has 1 aromatic heterocycles. The second-order valence-electron chi connectivity index (χ2n) is 6.78. The molecule has 132 valence electrons. The van der Waals surface area contributed by atoms with Crippen LogP contribution in [0.5, 0.6) is 0 Å². The number of hydrogen-bond acceptors (Lipinski definition) is 4. The van der Waals surface area contributed by atoms with Crippen molar-refractivity contribution in [3.05, 3.63) is 52.8 Å². The molecule has 1 amide bonds. The minimum absolute atomic E-state index is 0.0288. The van der Waals surface area contributed by atoms with Gasteiger partial charge in [-0.1, -0.05) is 23.2 Å². The third-order valence-electron chi connectivity index (χ3n) is 4.89. The molecule has 0 spiro atoms. The number of aryl methyl sites for hydroxylation is 3. The first-order valence-corrected chi connectivity index (χ1v) is 8.67. The Hall–Kier alpha value is -3.07. The van der Waals surface area contributed by atoms with Crippen LogP contribution in [0.15, 0.2) is 35.5 Å². The number of aromatic nitrogens is 2. The monoisotopic (exact) mass is 348 g/mol. The Morgan fingerprint density at radius 1 is 1.27 bits per heavy atom. The van der Waals surface area contributed by atoms with Crippen LogP contribution in [0.2, 0.25) is 0 Å². The van der Waals surface area contributed by atoms with E-state index in [4.69, 9.17) is 4.84 Å². The summed E-state index contributed by atoms with van der Waals surface area (Å²) in [5, 5.41) is 8.41. The second kappa shape index (κ2) is 6.34. The zero-order valence-electron chi connectivity index (χ0n) is 15.1. The summed E-state index contributed by atoms with van der Waals surface area (Å²) in [4.78, 5) is 20.0. The van der Waals surface area contributed by atoms with Crippen LogP contribution in [0.4, 0.5) is 0 Å². The number of hydrogen-bond donors (Lipinski definition) is 0. The molecule has 1 fully saturated rings. The van der Waals surface area contributed by atoms with E-state index in [9.17, 15) is 4.79 Å². The maximum absolute atomic E-state index is 12.8. The molecule has 6 nitrogen and oxygen atoms in total. The molecule has 0 N–H and O–H groups in total. The SMILES string of the molecule is Cc1cccc(C#CC2=NOC3C2CCN3C(=O)c2cc(C)n(C)n2)c1. The van der Waals surface area contributed by atoms with Gasteiger partial charge in [-0.2, -0.15) is 5.10 Å². The summed E-state index contributed by atoms with van der Waals surface area (Å²) in [7, 11) is 1.83. The van der Waals surface area contributed by atoms with Crippen molar-refractivity contribution < 1.29 is 9.63 Å². The quantitative estimate of drug-likeness (QED) is 0.743. The first kappa shape index (κ1) is 16.4. The fourth-order valence-electron chi connectivity index (χ4n) is 3.35. The van der Waals surface area contributed by atoms with Gasteiger partial charge in [0.25, 0.3) is 5.91 Å². The molecule has 6 heteroatoms. The van der Waals surface area contributed by atoms with Crippen LogP contribution >= 0.6 is 0 Å². The first-order valence-electron chi connectivity index (χ1n) is 8.67. The molecule has 4 rings (SSSR count). The summed E-state index contributed by atoms with van der Waals surface area (Å²) in [5.41, 5.74) is 4.21. The average molecular weight is 348 g/mol. The summed E-state index contributed by atoms with van der Waals surface area (Å²) >= 11 is 0. The Bertz CT molecular complexity index is 944. The van der Waals surface area contributed by atoms with Gasteiger partial charge in [0.05, 0.1) is 5.92 Å². The van der Waals surface area contributed by atoms with Gasteiger partial charge >= 0.3 is 0 Å². The lowest BCUT2D eigenvalue weighted by Crippen LogP contribution is -2.38. The Balaban J connectivity index is 1.50. The van der Waals surface area contributed by atoms with E-state index in [-0.39, 0.29) is 18.1 Å². The highest BCUT2D eigenvalue weighted by atomic mass is 16.7. The number of nitrogens with zero attached hydrogens (tertiary/aromatic N) is 4. The number of carbonyl (C=O) groups is 1. The molecule has 0 aliphatic carbocycles. The van der Waals surface area contributed by atoms with Crippen LogP contribution < -0.4 is 0 Å². The van der Waals surface area contributed by atoms with E-state index in [1.54, 1.807) is 15.6 Å². The van der Waals surface area contributed by atoms with E-state index in [0.29, 0.717) is 18.0 Å². The number of oxime groups is 1. The predicted octanol–water partition coefficient (Wildman–Crippen LogP) is 2.26. The predicted molar refractivity (Wildman–Crippen MR) is 97.5 cm³/mol. The van der Waals surface area contributed by atoms with Crippen LogP contribution in [0.1, 0.15) is 33.7 Å². The second-order valence-corrected chi connectivity index (χ2v) is 6.78. The van der Waals surface area contributed by atoms with Crippen molar-refractivity contribution >= 4 is 11.6 Å². The summed E-state index contributed by atoms with van der Waals surface area (Å²) < 4.78 is 1.70.